The maximum atomic E-state index is 14.2. The number of benzene rings is 2. The van der Waals surface area contributed by atoms with Gasteiger partial charge in [0, 0.05) is 46.5 Å². The number of anilines is 1. The first-order valence-electron chi connectivity index (χ1n) is 15.8. The number of nitrogens with one attached hydrogen (secondary N) is 4. The smallest absolute Gasteiger partial charge is 0.407 e. The number of halogens is 1. The second-order valence-electron chi connectivity index (χ2n) is 13.4. The van der Waals surface area contributed by atoms with Gasteiger partial charge in [0.2, 0.25) is 10.0 Å². The summed E-state index contributed by atoms with van der Waals surface area (Å²) >= 11 is 1.62. The van der Waals surface area contributed by atoms with Crippen molar-refractivity contribution in [3.63, 3.8) is 0 Å². The highest BCUT2D eigenvalue weighted by Gasteiger charge is 2.36. The molecule has 11 nitrogen and oxygen atoms in total. The summed E-state index contributed by atoms with van der Waals surface area (Å²) in [5.74, 6) is -0.0943. The van der Waals surface area contributed by atoms with Gasteiger partial charge in [-0.15, -0.1) is 0 Å². The van der Waals surface area contributed by atoms with Crippen LogP contribution in [0.1, 0.15) is 70.5 Å². The molecule has 256 valence electrons. The van der Waals surface area contributed by atoms with Gasteiger partial charge in [-0.1, -0.05) is 36.0 Å². The van der Waals surface area contributed by atoms with E-state index in [4.69, 9.17) is 9.47 Å². The fourth-order valence-corrected chi connectivity index (χ4v) is 9.21. The molecule has 3 aliphatic rings. The predicted molar refractivity (Wildman–Crippen MR) is 181 cm³/mol. The van der Waals surface area contributed by atoms with Crippen molar-refractivity contribution in [3.8, 4) is 0 Å². The minimum absolute atomic E-state index is 0.0449. The van der Waals surface area contributed by atoms with Gasteiger partial charge in [-0.3, -0.25) is 0 Å². The van der Waals surface area contributed by atoms with Gasteiger partial charge in [0.05, 0.1) is 29.5 Å². The molecule has 1 saturated heterocycles. The van der Waals surface area contributed by atoms with Gasteiger partial charge < -0.3 is 30.3 Å². The molecule has 2 aromatic rings. The molecule has 2 aliphatic heterocycles. The Labute approximate surface area is 280 Å². The van der Waals surface area contributed by atoms with Gasteiger partial charge in [0.25, 0.3) is 0 Å². The van der Waals surface area contributed by atoms with Crippen LogP contribution in [0.3, 0.4) is 0 Å². The van der Waals surface area contributed by atoms with E-state index in [0.717, 1.165) is 30.6 Å². The first kappa shape index (κ1) is 35.0. The van der Waals surface area contributed by atoms with Crippen molar-refractivity contribution in [2.45, 2.75) is 87.4 Å². The molecule has 47 heavy (non-hydrogen) atoms. The third kappa shape index (κ3) is 8.98. The summed E-state index contributed by atoms with van der Waals surface area (Å²) < 4.78 is 54.9. The number of amides is 3. The average Bonchev–Trinajstić information content (AvgIpc) is 3.35. The lowest BCUT2D eigenvalue weighted by Gasteiger charge is -2.35. The molecule has 0 radical (unpaired) electrons. The predicted octanol–water partition coefficient (Wildman–Crippen LogP) is 5.77. The summed E-state index contributed by atoms with van der Waals surface area (Å²) in [5, 5.41) is 8.51. The summed E-state index contributed by atoms with van der Waals surface area (Å²) in [7, 11) is -2.01. The van der Waals surface area contributed by atoms with Gasteiger partial charge in [-0.25, -0.2) is 27.1 Å². The van der Waals surface area contributed by atoms with Crippen LogP contribution in [-0.2, 0) is 19.5 Å². The average molecular weight is 690 g/mol. The lowest BCUT2D eigenvalue weighted by Crippen LogP contribution is -2.45. The Bertz CT molecular complexity index is 1600. The van der Waals surface area contributed by atoms with E-state index in [2.05, 4.69) is 25.6 Å². The van der Waals surface area contributed by atoms with Gasteiger partial charge in [-0.05, 0) is 77.5 Å². The molecule has 0 bridgehead atoms. The summed E-state index contributed by atoms with van der Waals surface area (Å²) in [4.78, 5) is 28.1. The first-order valence-corrected chi connectivity index (χ1v) is 18.2. The van der Waals surface area contributed by atoms with Crippen LogP contribution in [0.4, 0.5) is 19.7 Å². The molecule has 0 aromatic heterocycles. The molecular weight excluding hydrogens is 646 g/mol. The van der Waals surface area contributed by atoms with Crippen LogP contribution in [-0.4, -0.2) is 68.8 Å². The lowest BCUT2D eigenvalue weighted by molar-refractivity contribution is -0.0985. The van der Waals surface area contributed by atoms with Crippen molar-refractivity contribution in [3.05, 3.63) is 65.6 Å². The van der Waals surface area contributed by atoms with Gasteiger partial charge in [0.15, 0.2) is 6.10 Å². The molecule has 2 atom stereocenters. The number of hydrogen-bond acceptors (Lipinski definition) is 8. The SMILES string of the molecule is C[C@H](NC(=O)Nc1ccc(C2=CN(C)C([C@H]3CC[C@H](NC(=O)OC4COC4)CC3)S2)c(S(=O)(=O)NC(C)(C)C)c1)c1ccccc1F. The molecule has 2 fully saturated rings. The Kier molecular flexibility index (Phi) is 10.7. The Morgan fingerprint density at radius 1 is 1.09 bits per heavy atom. The molecule has 1 unspecified atom stereocenters. The Morgan fingerprint density at radius 3 is 2.43 bits per heavy atom. The second-order valence-corrected chi connectivity index (χ2v) is 16.2. The summed E-state index contributed by atoms with van der Waals surface area (Å²) in [6.45, 7) is 7.86. The highest BCUT2D eigenvalue weighted by Crippen LogP contribution is 2.47. The van der Waals surface area contributed by atoms with Crippen LogP contribution in [0.2, 0.25) is 0 Å². The topological polar surface area (TPSA) is 138 Å². The van der Waals surface area contributed by atoms with Gasteiger partial charge >= 0.3 is 12.1 Å². The quantitative estimate of drug-likeness (QED) is 0.261. The van der Waals surface area contributed by atoms with Crippen LogP contribution in [0, 0.1) is 11.7 Å². The number of hydrogen-bond donors (Lipinski definition) is 4. The highest BCUT2D eigenvalue weighted by atomic mass is 32.2. The zero-order valence-electron chi connectivity index (χ0n) is 27.3. The van der Waals surface area contributed by atoms with Crippen LogP contribution in [0.5, 0.6) is 0 Å². The van der Waals surface area contributed by atoms with E-state index in [0.29, 0.717) is 30.3 Å². The Hall–Kier alpha value is -3.33. The zero-order valence-corrected chi connectivity index (χ0v) is 29.0. The zero-order chi connectivity index (χ0) is 33.9. The molecule has 3 amide bonds. The number of sulfonamides is 1. The third-order valence-corrected chi connectivity index (χ3v) is 11.6. The van der Waals surface area contributed by atoms with E-state index >= 15 is 0 Å². The van der Waals surface area contributed by atoms with Crippen molar-refractivity contribution in [1.29, 1.82) is 0 Å². The molecule has 5 rings (SSSR count). The maximum absolute atomic E-state index is 14.2. The molecule has 0 spiro atoms. The molecule has 1 saturated carbocycles. The summed E-state index contributed by atoms with van der Waals surface area (Å²) in [6, 6.07) is 9.87. The highest BCUT2D eigenvalue weighted by molar-refractivity contribution is 8.09. The monoisotopic (exact) mass is 689 g/mol. The van der Waals surface area contributed by atoms with Crippen molar-refractivity contribution >= 4 is 44.5 Å². The fourth-order valence-electron chi connectivity index (χ4n) is 6.00. The summed E-state index contributed by atoms with van der Waals surface area (Å²) in [5.41, 5.74) is 0.410. The number of rotatable bonds is 9. The number of nitrogens with zero attached hydrogens (tertiary/aromatic N) is 1. The Morgan fingerprint density at radius 2 is 1.79 bits per heavy atom. The van der Waals surface area contributed by atoms with Crippen molar-refractivity contribution in [2.75, 3.05) is 25.6 Å². The van der Waals surface area contributed by atoms with Crippen LogP contribution in [0.25, 0.3) is 4.91 Å². The largest absolute Gasteiger partial charge is 0.441 e. The van der Waals surface area contributed by atoms with Crippen LogP contribution in [0.15, 0.2) is 53.6 Å². The van der Waals surface area contributed by atoms with Crippen molar-refractivity contribution < 1.29 is 31.9 Å². The molecule has 1 aliphatic carbocycles. The van der Waals surface area contributed by atoms with E-state index < -0.39 is 39.5 Å². The van der Waals surface area contributed by atoms with Gasteiger partial charge in [-0.2, -0.15) is 0 Å². The number of carbonyl (C=O) groups excluding carboxylic acids is 2. The summed E-state index contributed by atoms with van der Waals surface area (Å²) in [6.07, 6.45) is 4.87. The van der Waals surface area contributed by atoms with E-state index in [1.54, 1.807) is 69.8 Å². The molecule has 2 aromatic carbocycles. The normalized spacial score (nSPS) is 22.6. The number of urea groups is 1. The van der Waals surface area contributed by atoms with E-state index in [9.17, 15) is 22.4 Å². The number of alkyl carbamates (subject to hydrolysis) is 1. The van der Waals surface area contributed by atoms with E-state index in [-0.39, 0.29) is 28.1 Å². The van der Waals surface area contributed by atoms with E-state index in [1.807, 2.05) is 13.2 Å². The second kappa shape index (κ2) is 14.4. The minimum Gasteiger partial charge on any atom is -0.441 e. The van der Waals surface area contributed by atoms with Crippen LogP contribution >= 0.6 is 11.8 Å². The maximum Gasteiger partial charge on any atom is 0.407 e. The molecular formula is C33H44FN5O6S2. The third-order valence-electron chi connectivity index (χ3n) is 8.30. The molecule has 2 heterocycles. The van der Waals surface area contributed by atoms with Gasteiger partial charge in [0.1, 0.15) is 5.82 Å². The minimum atomic E-state index is -4.01. The number of carbonyl (C=O) groups is 2. The first-order chi connectivity index (χ1) is 22.2. The lowest BCUT2D eigenvalue weighted by atomic mass is 9.85. The van der Waals surface area contributed by atoms with Crippen LogP contribution < -0.4 is 20.7 Å². The van der Waals surface area contributed by atoms with Crippen molar-refractivity contribution in [2.24, 2.45) is 5.92 Å². The number of thioether (sulfide) groups is 1. The Balaban J connectivity index is 1.28. The fraction of sp³-hybridized carbons (Fsp3) is 0.515. The molecule has 4 N–H and O–H groups in total. The molecule has 14 heteroatoms. The van der Waals surface area contributed by atoms with E-state index in [1.165, 1.54) is 12.1 Å². The standard InChI is InChI=1S/C33H44FN5O6S2/c1-20(25-8-6-7-9-27(25)34)35-31(40)36-23-14-15-26(29(16-23)47(42,43)38-33(2,3)4)28-17-39(5)30(46-28)21-10-12-22(13-11-21)37-32(41)45-24-18-44-19-24/h6-9,14-17,20-22,24,30,38H,10-13,18-19H2,1-5H3,(H,37,41)(H2,35,36,40)/t20-,21-,22-,30?/m0/s1. The van der Waals surface area contributed by atoms with Crippen molar-refractivity contribution in [1.82, 2.24) is 20.3 Å². The number of ether oxygens (including phenoxy) is 2.